The minimum atomic E-state index is -1.01. The molecule has 0 bridgehead atoms. The van der Waals surface area contributed by atoms with Crippen LogP contribution >= 0.6 is 0 Å². The van der Waals surface area contributed by atoms with Crippen LogP contribution < -0.4 is 5.73 Å². The molecule has 0 aromatic carbocycles. The number of rotatable bonds is 8. The number of ether oxygens (including phenoxy) is 3. The van der Waals surface area contributed by atoms with E-state index in [0.717, 1.165) is 0 Å². The van der Waals surface area contributed by atoms with Crippen LogP contribution in [-0.4, -0.2) is 43.0 Å². The molecule has 0 aromatic rings. The van der Waals surface area contributed by atoms with Crippen molar-refractivity contribution in [2.75, 3.05) is 19.8 Å². The van der Waals surface area contributed by atoms with Crippen LogP contribution in [0.3, 0.4) is 0 Å². The topological polar surface area (TPSA) is 70.8 Å². The lowest BCUT2D eigenvalue weighted by molar-refractivity contribution is -0.150. The molecule has 0 spiro atoms. The van der Waals surface area contributed by atoms with Gasteiger partial charge < -0.3 is 19.9 Å². The van der Waals surface area contributed by atoms with E-state index >= 15 is 0 Å². The lowest BCUT2D eigenvalue weighted by Crippen LogP contribution is -2.48. The summed E-state index contributed by atoms with van der Waals surface area (Å²) in [4.78, 5) is 11.6. The van der Waals surface area contributed by atoms with Gasteiger partial charge in [0.25, 0.3) is 0 Å². The molecule has 0 rings (SSSR count). The third-order valence-electron chi connectivity index (χ3n) is 2.47. The van der Waals surface area contributed by atoms with Gasteiger partial charge in [0, 0.05) is 6.42 Å². The Morgan fingerprint density at radius 2 is 1.79 bits per heavy atom. The number of esters is 1. The Balaban J connectivity index is 3.96. The van der Waals surface area contributed by atoms with Crippen LogP contribution in [0.2, 0.25) is 0 Å². The molecular weight excluding hydrogens is 246 g/mol. The van der Waals surface area contributed by atoms with E-state index < -0.39 is 11.5 Å². The normalized spacial score (nSPS) is 16.8. The van der Waals surface area contributed by atoms with Gasteiger partial charge in [-0.3, -0.25) is 4.79 Å². The molecule has 0 aliphatic heterocycles. The minimum absolute atomic E-state index is 0.122. The Hall–Kier alpha value is -0.650. The van der Waals surface area contributed by atoms with E-state index in [2.05, 4.69) is 0 Å². The highest BCUT2D eigenvalue weighted by Gasteiger charge is 2.32. The highest BCUT2D eigenvalue weighted by molar-refractivity contribution is 5.80. The molecule has 0 amide bonds. The number of hydrogen-bond donors (Lipinski definition) is 1. The van der Waals surface area contributed by atoms with Crippen molar-refractivity contribution in [1.29, 1.82) is 0 Å². The van der Waals surface area contributed by atoms with Gasteiger partial charge in [-0.25, -0.2) is 0 Å². The van der Waals surface area contributed by atoms with Gasteiger partial charge in [0.1, 0.15) is 5.54 Å². The van der Waals surface area contributed by atoms with E-state index in [-0.39, 0.29) is 11.7 Å². The molecule has 0 radical (unpaired) electrons. The number of carbonyl (C=O) groups excluding carboxylic acids is 1. The largest absolute Gasteiger partial charge is 0.465 e. The standard InChI is InChI=1S/C14H29NO4/c1-7-17-12(16)14(6,15)10-11(2)18-8-9-19-13(3,4)5/h11H,7-10,15H2,1-6H3. The molecular formula is C14H29NO4. The zero-order valence-corrected chi connectivity index (χ0v) is 13.1. The van der Waals surface area contributed by atoms with E-state index in [1.807, 2.05) is 27.7 Å². The molecule has 114 valence electrons. The van der Waals surface area contributed by atoms with E-state index in [1.54, 1.807) is 13.8 Å². The predicted molar refractivity (Wildman–Crippen MR) is 75.0 cm³/mol. The molecule has 0 aliphatic rings. The second-order valence-electron chi connectivity index (χ2n) is 5.98. The maximum absolute atomic E-state index is 11.6. The van der Waals surface area contributed by atoms with Crippen molar-refractivity contribution in [3.8, 4) is 0 Å². The summed E-state index contributed by atoms with van der Waals surface area (Å²) in [7, 11) is 0. The average molecular weight is 275 g/mol. The third kappa shape index (κ3) is 8.97. The molecule has 0 saturated carbocycles. The van der Waals surface area contributed by atoms with Crippen LogP contribution in [0.1, 0.15) is 48.0 Å². The molecule has 0 saturated heterocycles. The summed E-state index contributed by atoms with van der Waals surface area (Å²) in [6, 6.07) is 0. The van der Waals surface area contributed by atoms with Crippen molar-refractivity contribution in [3.05, 3.63) is 0 Å². The van der Waals surface area contributed by atoms with Gasteiger partial charge in [0.15, 0.2) is 0 Å². The summed E-state index contributed by atoms with van der Waals surface area (Å²) in [5.74, 6) is -0.392. The molecule has 0 fully saturated rings. The number of hydrogen-bond acceptors (Lipinski definition) is 5. The number of nitrogens with two attached hydrogens (primary N) is 1. The van der Waals surface area contributed by atoms with Crippen molar-refractivity contribution in [2.24, 2.45) is 5.73 Å². The van der Waals surface area contributed by atoms with Crippen LogP contribution in [0.4, 0.5) is 0 Å². The van der Waals surface area contributed by atoms with E-state index in [1.165, 1.54) is 0 Å². The summed E-state index contributed by atoms with van der Waals surface area (Å²) in [6.45, 7) is 12.6. The lowest BCUT2D eigenvalue weighted by Gasteiger charge is -2.26. The Morgan fingerprint density at radius 1 is 1.21 bits per heavy atom. The Morgan fingerprint density at radius 3 is 2.26 bits per heavy atom. The molecule has 5 nitrogen and oxygen atoms in total. The second kappa shape index (κ2) is 7.82. The third-order valence-corrected chi connectivity index (χ3v) is 2.47. The van der Waals surface area contributed by atoms with Crippen molar-refractivity contribution in [2.45, 2.75) is 65.2 Å². The number of carbonyl (C=O) groups is 1. The van der Waals surface area contributed by atoms with Crippen molar-refractivity contribution in [3.63, 3.8) is 0 Å². The summed E-state index contributed by atoms with van der Waals surface area (Å²) >= 11 is 0. The Kier molecular flexibility index (Phi) is 7.55. The molecule has 0 aromatic heterocycles. The van der Waals surface area contributed by atoms with Gasteiger partial charge in [-0.15, -0.1) is 0 Å². The molecule has 2 N–H and O–H groups in total. The highest BCUT2D eigenvalue weighted by atomic mass is 16.5. The average Bonchev–Trinajstić information content (AvgIpc) is 2.23. The van der Waals surface area contributed by atoms with Crippen molar-refractivity contribution >= 4 is 5.97 Å². The quantitative estimate of drug-likeness (QED) is 0.541. The first-order valence-electron chi connectivity index (χ1n) is 6.80. The van der Waals surface area contributed by atoms with Crippen LogP contribution in [-0.2, 0) is 19.0 Å². The maximum atomic E-state index is 11.6. The van der Waals surface area contributed by atoms with E-state index in [9.17, 15) is 4.79 Å². The fraction of sp³-hybridized carbons (Fsp3) is 0.929. The van der Waals surface area contributed by atoms with Crippen LogP contribution in [0.5, 0.6) is 0 Å². The first-order valence-corrected chi connectivity index (χ1v) is 6.80. The van der Waals surface area contributed by atoms with E-state index in [4.69, 9.17) is 19.9 Å². The zero-order valence-electron chi connectivity index (χ0n) is 13.1. The first kappa shape index (κ1) is 18.4. The smallest absolute Gasteiger partial charge is 0.325 e. The first-order chi connectivity index (χ1) is 8.58. The molecule has 0 heterocycles. The Labute approximate surface area is 116 Å². The van der Waals surface area contributed by atoms with Gasteiger partial charge in [0.05, 0.1) is 31.5 Å². The molecule has 2 unspecified atom stereocenters. The van der Waals surface area contributed by atoms with Crippen molar-refractivity contribution in [1.82, 2.24) is 0 Å². The van der Waals surface area contributed by atoms with Gasteiger partial charge in [-0.05, 0) is 41.5 Å². The summed E-state index contributed by atoms with van der Waals surface area (Å²) in [6.07, 6.45) is 0.296. The van der Waals surface area contributed by atoms with Gasteiger partial charge >= 0.3 is 5.97 Å². The molecule has 19 heavy (non-hydrogen) atoms. The molecule has 5 heteroatoms. The SMILES string of the molecule is CCOC(=O)C(C)(N)CC(C)OCCOC(C)(C)C. The zero-order chi connectivity index (χ0) is 15.1. The summed E-state index contributed by atoms with van der Waals surface area (Å²) in [5, 5.41) is 0. The summed E-state index contributed by atoms with van der Waals surface area (Å²) in [5.41, 5.74) is 4.75. The highest BCUT2D eigenvalue weighted by Crippen LogP contribution is 2.14. The maximum Gasteiger partial charge on any atom is 0.325 e. The molecule has 0 aliphatic carbocycles. The van der Waals surface area contributed by atoms with Gasteiger partial charge in [0.2, 0.25) is 0 Å². The Bertz CT molecular complexity index is 271. The fourth-order valence-corrected chi connectivity index (χ4v) is 1.63. The predicted octanol–water partition coefficient (Wildman–Crippen LogP) is 1.88. The molecule has 2 atom stereocenters. The van der Waals surface area contributed by atoms with Gasteiger partial charge in [-0.2, -0.15) is 0 Å². The minimum Gasteiger partial charge on any atom is -0.465 e. The van der Waals surface area contributed by atoms with E-state index in [0.29, 0.717) is 26.2 Å². The lowest BCUT2D eigenvalue weighted by atomic mass is 9.96. The fourth-order valence-electron chi connectivity index (χ4n) is 1.63. The van der Waals surface area contributed by atoms with Crippen molar-refractivity contribution < 1.29 is 19.0 Å². The van der Waals surface area contributed by atoms with Crippen LogP contribution in [0, 0.1) is 0 Å². The van der Waals surface area contributed by atoms with Crippen LogP contribution in [0.15, 0.2) is 0 Å². The van der Waals surface area contributed by atoms with Gasteiger partial charge in [-0.1, -0.05) is 0 Å². The monoisotopic (exact) mass is 275 g/mol. The second-order valence-corrected chi connectivity index (χ2v) is 5.98. The summed E-state index contributed by atoms with van der Waals surface area (Å²) < 4.78 is 16.1. The van der Waals surface area contributed by atoms with Crippen LogP contribution in [0.25, 0.3) is 0 Å².